The minimum absolute atomic E-state index is 0.0667. The normalized spacial score (nSPS) is 16.1. The van der Waals surface area contributed by atoms with Gasteiger partial charge in [0.15, 0.2) is 0 Å². The predicted molar refractivity (Wildman–Crippen MR) is 96.6 cm³/mol. The number of benzene rings is 2. The molecule has 1 aliphatic heterocycles. The number of amides is 1. The molecule has 124 valence electrons. The summed E-state index contributed by atoms with van der Waals surface area (Å²) in [5.74, 6) is 0.404. The third kappa shape index (κ3) is 3.61. The van der Waals surface area contributed by atoms with E-state index in [1.165, 1.54) is 0 Å². The molecule has 0 spiro atoms. The van der Waals surface area contributed by atoms with Gasteiger partial charge in [-0.05, 0) is 36.3 Å². The highest BCUT2D eigenvalue weighted by Gasteiger charge is 2.24. The van der Waals surface area contributed by atoms with Crippen LogP contribution in [0.4, 0.5) is 0 Å². The largest absolute Gasteiger partial charge is 0.480 e. The first-order chi connectivity index (χ1) is 12.2. The van der Waals surface area contributed by atoms with Crippen LogP contribution in [0.2, 0.25) is 0 Å². The van der Waals surface area contributed by atoms with Gasteiger partial charge in [-0.2, -0.15) is 5.26 Å². The zero-order valence-corrected chi connectivity index (χ0v) is 13.9. The van der Waals surface area contributed by atoms with Gasteiger partial charge in [0, 0.05) is 12.1 Å². The van der Waals surface area contributed by atoms with Gasteiger partial charge in [-0.15, -0.1) is 0 Å². The lowest BCUT2D eigenvalue weighted by Gasteiger charge is -2.26. The topological polar surface area (TPSA) is 62.1 Å². The molecule has 0 bridgehead atoms. The Labute approximate surface area is 147 Å². The van der Waals surface area contributed by atoms with Crippen LogP contribution in [0.3, 0.4) is 0 Å². The smallest absolute Gasteiger partial charge is 0.261 e. The average molecular weight is 330 g/mol. The lowest BCUT2D eigenvalue weighted by Crippen LogP contribution is -2.24. The van der Waals surface area contributed by atoms with Crippen LogP contribution < -0.4 is 10.1 Å². The molecule has 1 amide bonds. The number of nitrogens with zero attached hydrogens (tertiary/aromatic N) is 1. The number of para-hydroxylation sites is 1. The fourth-order valence-corrected chi connectivity index (χ4v) is 2.73. The van der Waals surface area contributed by atoms with Crippen molar-refractivity contribution >= 4 is 12.0 Å². The number of nitrogens with one attached hydrogen (secondary N) is 1. The Morgan fingerprint density at radius 1 is 1.20 bits per heavy atom. The molecule has 1 unspecified atom stereocenters. The highest BCUT2D eigenvalue weighted by atomic mass is 16.5. The summed E-state index contributed by atoms with van der Waals surface area (Å²) in [6.07, 6.45) is 3.21. The van der Waals surface area contributed by atoms with Gasteiger partial charge in [-0.25, -0.2) is 0 Å². The van der Waals surface area contributed by atoms with E-state index in [9.17, 15) is 10.1 Å². The molecular weight excluding hydrogens is 312 g/mol. The summed E-state index contributed by atoms with van der Waals surface area (Å²) in [5.41, 5.74) is 2.73. The van der Waals surface area contributed by atoms with Crippen molar-refractivity contribution in [3.05, 3.63) is 82.9 Å². The van der Waals surface area contributed by atoms with Gasteiger partial charge in [0.1, 0.15) is 23.5 Å². The average Bonchev–Trinajstić information content (AvgIpc) is 2.66. The van der Waals surface area contributed by atoms with Crippen molar-refractivity contribution < 1.29 is 9.53 Å². The quantitative estimate of drug-likeness (QED) is 0.685. The van der Waals surface area contributed by atoms with Crippen LogP contribution in [0.25, 0.3) is 6.08 Å². The van der Waals surface area contributed by atoms with Gasteiger partial charge in [0.2, 0.25) is 0 Å². The summed E-state index contributed by atoms with van der Waals surface area (Å²) >= 11 is 0. The van der Waals surface area contributed by atoms with E-state index in [0.29, 0.717) is 6.54 Å². The number of fused-ring (bicyclic) bond motifs is 1. The molecular formula is C21H18N2O2. The molecule has 25 heavy (non-hydrogen) atoms. The van der Waals surface area contributed by atoms with Crippen molar-refractivity contribution in [1.82, 2.24) is 5.32 Å². The number of carbonyl (C=O) groups excluding carboxylic acids is 1. The summed E-state index contributed by atoms with van der Waals surface area (Å²) in [6.45, 7) is 2.29. The molecule has 0 aromatic heterocycles. The maximum absolute atomic E-state index is 12.1. The molecule has 3 rings (SSSR count). The minimum atomic E-state index is -0.378. The first kappa shape index (κ1) is 16.5. The van der Waals surface area contributed by atoms with E-state index in [2.05, 4.69) is 5.32 Å². The first-order valence-electron chi connectivity index (χ1n) is 8.15. The zero-order valence-electron chi connectivity index (χ0n) is 13.9. The van der Waals surface area contributed by atoms with Gasteiger partial charge in [-0.1, -0.05) is 48.5 Å². The molecule has 1 N–H and O–H groups in total. The van der Waals surface area contributed by atoms with E-state index in [0.717, 1.165) is 22.4 Å². The molecule has 4 heteroatoms. The van der Waals surface area contributed by atoms with Gasteiger partial charge in [-0.3, -0.25) is 4.79 Å². The molecule has 1 atom stereocenters. The molecule has 2 aromatic carbocycles. The second-order valence-electron chi connectivity index (χ2n) is 5.62. The second kappa shape index (κ2) is 7.50. The third-order valence-electron chi connectivity index (χ3n) is 3.90. The summed E-state index contributed by atoms with van der Waals surface area (Å²) < 4.78 is 6.16. The van der Waals surface area contributed by atoms with Crippen LogP contribution in [-0.4, -0.2) is 12.5 Å². The van der Waals surface area contributed by atoms with Crippen LogP contribution in [-0.2, 0) is 4.79 Å². The Morgan fingerprint density at radius 2 is 1.92 bits per heavy atom. The fraction of sp³-hybridized carbons (Fsp3) is 0.143. The predicted octanol–water partition coefficient (Wildman–Crippen LogP) is 3.79. The van der Waals surface area contributed by atoms with Gasteiger partial charge < -0.3 is 10.1 Å². The highest BCUT2D eigenvalue weighted by Crippen LogP contribution is 2.38. The molecule has 1 heterocycles. The number of hydrogen-bond donors (Lipinski definition) is 1. The summed E-state index contributed by atoms with van der Waals surface area (Å²) in [4.78, 5) is 12.1. The monoisotopic (exact) mass is 330 g/mol. The van der Waals surface area contributed by atoms with E-state index >= 15 is 0 Å². The molecule has 0 saturated heterocycles. The van der Waals surface area contributed by atoms with Gasteiger partial charge >= 0.3 is 0 Å². The maximum Gasteiger partial charge on any atom is 0.261 e. The van der Waals surface area contributed by atoms with Crippen LogP contribution in [0.5, 0.6) is 5.75 Å². The standard InChI is InChI=1S/C21H18N2O2/c1-2-23-21(24)18(14-22)13-17-12-16-10-6-7-11-19(16)25-20(17)15-8-4-3-5-9-15/h3-13,20H,2H2,1H3,(H,23,24). The van der Waals surface area contributed by atoms with Crippen LogP contribution in [0.15, 0.2) is 71.8 Å². The Morgan fingerprint density at radius 3 is 2.64 bits per heavy atom. The highest BCUT2D eigenvalue weighted by molar-refractivity contribution is 5.98. The van der Waals surface area contributed by atoms with Crippen molar-refractivity contribution in [3.63, 3.8) is 0 Å². The molecule has 1 aliphatic rings. The molecule has 0 saturated carbocycles. The SMILES string of the molecule is CCNC(=O)C(C#N)=CC1=Cc2ccccc2OC1c1ccccc1. The molecule has 2 aromatic rings. The Bertz CT molecular complexity index is 876. The van der Waals surface area contributed by atoms with Crippen molar-refractivity contribution in [3.8, 4) is 11.8 Å². The van der Waals surface area contributed by atoms with Gasteiger partial charge in [0.25, 0.3) is 5.91 Å². The van der Waals surface area contributed by atoms with Crippen LogP contribution in [0.1, 0.15) is 24.2 Å². The molecule has 4 nitrogen and oxygen atoms in total. The number of likely N-dealkylation sites (N-methyl/N-ethyl adjacent to an activating group) is 1. The van der Waals surface area contributed by atoms with Gasteiger partial charge in [0.05, 0.1) is 0 Å². The molecule has 0 radical (unpaired) electrons. The number of hydrogen-bond acceptors (Lipinski definition) is 3. The van der Waals surface area contributed by atoms with Crippen LogP contribution >= 0.6 is 0 Å². The summed E-state index contributed by atoms with van der Waals surface area (Å²) in [6, 6.07) is 19.5. The minimum Gasteiger partial charge on any atom is -0.480 e. The maximum atomic E-state index is 12.1. The fourth-order valence-electron chi connectivity index (χ4n) is 2.73. The number of rotatable bonds is 4. The Balaban J connectivity index is 2.07. The lowest BCUT2D eigenvalue weighted by molar-refractivity contribution is -0.117. The Hall–Kier alpha value is -3.32. The second-order valence-corrected chi connectivity index (χ2v) is 5.62. The van der Waals surface area contributed by atoms with Crippen molar-refractivity contribution in [2.24, 2.45) is 0 Å². The number of carbonyl (C=O) groups is 1. The van der Waals surface area contributed by atoms with E-state index < -0.39 is 0 Å². The van der Waals surface area contributed by atoms with Crippen molar-refractivity contribution in [1.29, 1.82) is 5.26 Å². The van der Waals surface area contributed by atoms with E-state index in [-0.39, 0.29) is 17.6 Å². The van der Waals surface area contributed by atoms with E-state index in [1.54, 1.807) is 6.08 Å². The first-order valence-corrected chi connectivity index (χ1v) is 8.15. The summed E-state index contributed by atoms with van der Waals surface area (Å²) in [5, 5.41) is 12.0. The van der Waals surface area contributed by atoms with E-state index in [4.69, 9.17) is 4.74 Å². The Kier molecular flexibility index (Phi) is 4.96. The zero-order chi connectivity index (χ0) is 17.6. The summed E-state index contributed by atoms with van der Waals surface area (Å²) in [7, 11) is 0. The third-order valence-corrected chi connectivity index (χ3v) is 3.90. The molecule has 0 aliphatic carbocycles. The van der Waals surface area contributed by atoms with Crippen molar-refractivity contribution in [2.45, 2.75) is 13.0 Å². The number of nitriles is 1. The lowest BCUT2D eigenvalue weighted by atomic mass is 9.94. The van der Waals surface area contributed by atoms with E-state index in [1.807, 2.05) is 73.7 Å². The molecule has 0 fully saturated rings. The van der Waals surface area contributed by atoms with Crippen molar-refractivity contribution in [2.75, 3.05) is 6.54 Å². The number of ether oxygens (including phenoxy) is 1. The van der Waals surface area contributed by atoms with Crippen LogP contribution in [0, 0.1) is 11.3 Å².